The number of rotatable bonds is 7. The maximum atomic E-state index is 12.5. The van der Waals surface area contributed by atoms with Crippen molar-refractivity contribution < 1.29 is 23.8 Å². The normalized spacial score (nSPS) is 25.6. The zero-order valence-electron chi connectivity index (χ0n) is 13.8. The molecule has 0 radical (unpaired) electrons. The van der Waals surface area contributed by atoms with Crippen LogP contribution < -0.4 is 4.74 Å². The Bertz CT molecular complexity index is 571. The van der Waals surface area contributed by atoms with Gasteiger partial charge < -0.3 is 14.2 Å². The summed E-state index contributed by atoms with van der Waals surface area (Å²) >= 11 is 1.35. The number of ether oxygens (including phenoxy) is 3. The third kappa shape index (κ3) is 3.04. The van der Waals surface area contributed by atoms with Gasteiger partial charge in [0, 0.05) is 5.92 Å². The van der Waals surface area contributed by atoms with E-state index in [4.69, 9.17) is 14.2 Å². The first kappa shape index (κ1) is 17.7. The van der Waals surface area contributed by atoms with Crippen molar-refractivity contribution in [2.45, 2.75) is 24.5 Å². The standard InChI is InChI=1S/C17H22O5S/c1-5-21-15(18)14-13(11-7-9-12(20-3)10-8-11)17(14,23-4)16(19)22-6-2/h7-10,13-14H,5-6H2,1-4H3/t13-,14+,17+/m1/s1. The molecule has 2 rings (SSSR count). The molecule has 3 atom stereocenters. The van der Waals surface area contributed by atoms with E-state index in [0.717, 1.165) is 11.3 Å². The summed E-state index contributed by atoms with van der Waals surface area (Å²) in [6, 6.07) is 7.41. The van der Waals surface area contributed by atoms with Crippen LogP contribution in [0.4, 0.5) is 0 Å². The number of esters is 2. The van der Waals surface area contributed by atoms with Crippen LogP contribution in [0, 0.1) is 5.92 Å². The molecule has 0 bridgehead atoms. The Labute approximate surface area is 140 Å². The van der Waals surface area contributed by atoms with Gasteiger partial charge in [-0.25, -0.2) is 0 Å². The highest BCUT2D eigenvalue weighted by Crippen LogP contribution is 2.66. The first-order chi connectivity index (χ1) is 11.1. The first-order valence-corrected chi connectivity index (χ1v) is 8.82. The molecule has 0 amide bonds. The molecule has 1 aliphatic rings. The minimum atomic E-state index is -0.906. The molecule has 0 aliphatic heterocycles. The summed E-state index contributed by atoms with van der Waals surface area (Å²) in [5, 5.41) is 0. The lowest BCUT2D eigenvalue weighted by Gasteiger charge is -2.14. The zero-order chi connectivity index (χ0) is 17.0. The van der Waals surface area contributed by atoms with Gasteiger partial charge >= 0.3 is 11.9 Å². The smallest absolute Gasteiger partial charge is 0.323 e. The number of hydrogen-bond donors (Lipinski definition) is 0. The Balaban J connectivity index is 2.36. The summed E-state index contributed by atoms with van der Waals surface area (Å²) in [7, 11) is 1.60. The fourth-order valence-electron chi connectivity index (χ4n) is 2.99. The van der Waals surface area contributed by atoms with Crippen molar-refractivity contribution >= 4 is 23.7 Å². The predicted molar refractivity (Wildman–Crippen MR) is 88.7 cm³/mol. The van der Waals surface area contributed by atoms with Crippen LogP contribution in [-0.4, -0.2) is 43.3 Å². The number of carbonyl (C=O) groups is 2. The molecule has 1 fully saturated rings. The van der Waals surface area contributed by atoms with Crippen molar-refractivity contribution in [3.63, 3.8) is 0 Å². The minimum Gasteiger partial charge on any atom is -0.497 e. The molecule has 6 heteroatoms. The van der Waals surface area contributed by atoms with Crippen LogP contribution in [0.2, 0.25) is 0 Å². The van der Waals surface area contributed by atoms with E-state index in [1.54, 1.807) is 21.0 Å². The molecule has 1 saturated carbocycles. The Kier molecular flexibility index (Phi) is 5.57. The highest BCUT2D eigenvalue weighted by Gasteiger charge is 2.74. The lowest BCUT2D eigenvalue weighted by molar-refractivity contribution is -0.149. The number of carbonyl (C=O) groups excluding carboxylic acids is 2. The van der Waals surface area contributed by atoms with Crippen LogP contribution in [0.1, 0.15) is 25.3 Å². The van der Waals surface area contributed by atoms with E-state index in [2.05, 4.69) is 0 Å². The molecule has 5 nitrogen and oxygen atoms in total. The molecule has 1 aliphatic carbocycles. The highest BCUT2D eigenvalue weighted by atomic mass is 32.2. The van der Waals surface area contributed by atoms with E-state index in [1.807, 2.05) is 30.5 Å². The maximum Gasteiger partial charge on any atom is 0.323 e. The second-order valence-electron chi connectivity index (χ2n) is 5.20. The number of thioether (sulfide) groups is 1. The minimum absolute atomic E-state index is 0.249. The van der Waals surface area contributed by atoms with E-state index >= 15 is 0 Å². The number of benzene rings is 1. The van der Waals surface area contributed by atoms with Gasteiger partial charge in [-0.2, -0.15) is 0 Å². The van der Waals surface area contributed by atoms with Crippen LogP contribution in [0.5, 0.6) is 5.75 Å². The molecular formula is C17H22O5S. The highest BCUT2D eigenvalue weighted by molar-refractivity contribution is 8.01. The summed E-state index contributed by atoms with van der Waals surface area (Å²) < 4.78 is 14.6. The van der Waals surface area contributed by atoms with Crippen LogP contribution >= 0.6 is 11.8 Å². The van der Waals surface area contributed by atoms with E-state index in [0.29, 0.717) is 0 Å². The fraction of sp³-hybridized carbons (Fsp3) is 0.529. The van der Waals surface area contributed by atoms with Crippen molar-refractivity contribution in [3.8, 4) is 5.75 Å². The summed E-state index contributed by atoms with van der Waals surface area (Å²) in [5.74, 6) is -0.749. The average Bonchev–Trinajstić information content (AvgIpc) is 3.26. The summed E-state index contributed by atoms with van der Waals surface area (Å²) in [6.07, 6.45) is 1.83. The quantitative estimate of drug-likeness (QED) is 0.712. The van der Waals surface area contributed by atoms with Gasteiger partial charge in [0.05, 0.1) is 26.2 Å². The molecular weight excluding hydrogens is 316 g/mol. The Morgan fingerprint density at radius 3 is 2.22 bits per heavy atom. The molecule has 0 spiro atoms. The lowest BCUT2D eigenvalue weighted by Crippen LogP contribution is -2.28. The molecule has 0 saturated heterocycles. The van der Waals surface area contributed by atoms with Gasteiger partial charge in [0.2, 0.25) is 0 Å². The maximum absolute atomic E-state index is 12.5. The topological polar surface area (TPSA) is 61.8 Å². The summed E-state index contributed by atoms with van der Waals surface area (Å²) in [4.78, 5) is 24.8. The van der Waals surface area contributed by atoms with E-state index in [1.165, 1.54) is 11.8 Å². The summed E-state index contributed by atoms with van der Waals surface area (Å²) in [6.45, 7) is 4.09. The second kappa shape index (κ2) is 7.25. The Morgan fingerprint density at radius 2 is 1.74 bits per heavy atom. The van der Waals surface area contributed by atoms with Gasteiger partial charge in [0.15, 0.2) is 0 Å². The third-order valence-electron chi connectivity index (χ3n) is 4.10. The van der Waals surface area contributed by atoms with Crippen molar-refractivity contribution in [3.05, 3.63) is 29.8 Å². The Morgan fingerprint density at radius 1 is 1.13 bits per heavy atom. The molecule has 0 heterocycles. The molecule has 0 aromatic heterocycles. The van der Waals surface area contributed by atoms with Crippen LogP contribution in [0.3, 0.4) is 0 Å². The van der Waals surface area contributed by atoms with Gasteiger partial charge in [0.1, 0.15) is 10.5 Å². The molecule has 0 N–H and O–H groups in total. The van der Waals surface area contributed by atoms with Crippen LogP contribution in [0.25, 0.3) is 0 Å². The molecule has 0 unspecified atom stereocenters. The van der Waals surface area contributed by atoms with Gasteiger partial charge in [-0.15, -0.1) is 11.8 Å². The largest absolute Gasteiger partial charge is 0.497 e. The van der Waals surface area contributed by atoms with Crippen molar-refractivity contribution in [2.24, 2.45) is 5.92 Å². The van der Waals surface area contributed by atoms with Gasteiger partial charge in [-0.05, 0) is 37.8 Å². The van der Waals surface area contributed by atoms with Crippen molar-refractivity contribution in [1.82, 2.24) is 0 Å². The number of hydrogen-bond acceptors (Lipinski definition) is 6. The lowest BCUT2D eigenvalue weighted by atomic mass is 10.1. The molecule has 1 aromatic carbocycles. The first-order valence-electron chi connectivity index (χ1n) is 7.59. The predicted octanol–water partition coefficient (Wildman–Crippen LogP) is 2.64. The number of methoxy groups -OCH3 is 1. The van der Waals surface area contributed by atoms with E-state index < -0.39 is 10.7 Å². The monoisotopic (exact) mass is 338 g/mol. The zero-order valence-corrected chi connectivity index (χ0v) is 14.6. The Hall–Kier alpha value is -1.69. The van der Waals surface area contributed by atoms with E-state index in [-0.39, 0.29) is 31.1 Å². The van der Waals surface area contributed by atoms with Crippen LogP contribution in [-0.2, 0) is 19.1 Å². The molecule has 126 valence electrons. The molecule has 23 heavy (non-hydrogen) atoms. The van der Waals surface area contributed by atoms with Gasteiger partial charge in [-0.3, -0.25) is 9.59 Å². The fourth-order valence-corrected chi connectivity index (χ4v) is 4.16. The summed E-state index contributed by atoms with van der Waals surface area (Å²) in [5.41, 5.74) is 0.909. The second-order valence-corrected chi connectivity index (χ2v) is 6.28. The SMILES string of the molecule is CCOC(=O)[C@@H]1[C@@H](c2ccc(OC)cc2)[C@@]1(SC)C(=O)OCC. The van der Waals surface area contributed by atoms with Crippen LogP contribution in [0.15, 0.2) is 24.3 Å². The van der Waals surface area contributed by atoms with Crippen molar-refractivity contribution in [1.29, 1.82) is 0 Å². The van der Waals surface area contributed by atoms with Gasteiger partial charge in [0.25, 0.3) is 0 Å². The third-order valence-corrected chi connectivity index (χ3v) is 5.45. The van der Waals surface area contributed by atoms with Gasteiger partial charge in [-0.1, -0.05) is 12.1 Å². The van der Waals surface area contributed by atoms with Crippen molar-refractivity contribution in [2.75, 3.05) is 26.6 Å². The average molecular weight is 338 g/mol. The molecule has 1 aromatic rings. The van der Waals surface area contributed by atoms with E-state index in [9.17, 15) is 9.59 Å².